The van der Waals surface area contributed by atoms with Gasteiger partial charge in [0, 0.05) is 10.6 Å². The van der Waals surface area contributed by atoms with Crippen LogP contribution in [-0.2, 0) is 0 Å². The molecule has 0 aliphatic carbocycles. The third-order valence-corrected chi connectivity index (χ3v) is 4.76. The van der Waals surface area contributed by atoms with E-state index < -0.39 is 0 Å². The first-order valence-corrected chi connectivity index (χ1v) is 8.71. The summed E-state index contributed by atoms with van der Waals surface area (Å²) < 4.78 is 0. The first kappa shape index (κ1) is 17.7. The molecule has 1 aliphatic heterocycles. The maximum absolute atomic E-state index is 12.2. The van der Waals surface area contributed by atoms with Gasteiger partial charge in [0.1, 0.15) is 0 Å². The second-order valence-electron chi connectivity index (χ2n) is 4.96. The number of hydrazone groups is 1. The predicted octanol–water partition coefficient (Wildman–Crippen LogP) is 3.12. The molecule has 25 heavy (non-hydrogen) atoms. The highest BCUT2D eigenvalue weighted by molar-refractivity contribution is 8.14. The van der Waals surface area contributed by atoms with E-state index in [1.165, 1.54) is 30.0 Å². The Morgan fingerprint density at radius 2 is 1.96 bits per heavy atom. The Kier molecular flexibility index (Phi) is 5.24. The molecule has 0 fully saturated rings. The van der Waals surface area contributed by atoms with Crippen molar-refractivity contribution < 1.29 is 15.0 Å². The summed E-state index contributed by atoms with van der Waals surface area (Å²) >= 11 is 13.3. The second-order valence-corrected chi connectivity index (χ2v) is 6.75. The molecule has 0 amide bonds. The van der Waals surface area contributed by atoms with Gasteiger partial charge in [-0.25, -0.2) is 10.5 Å². The number of aromatic hydroxyl groups is 2. The minimum Gasteiger partial charge on any atom is -0.504 e. The minimum atomic E-state index is -0.341. The highest BCUT2D eigenvalue weighted by Crippen LogP contribution is 2.31. The molecule has 0 unspecified atom stereocenters. The van der Waals surface area contributed by atoms with E-state index in [0.29, 0.717) is 26.5 Å². The fourth-order valence-corrected chi connectivity index (χ4v) is 3.36. The fourth-order valence-electron chi connectivity index (χ4n) is 2.05. The van der Waals surface area contributed by atoms with Crippen molar-refractivity contribution in [3.63, 3.8) is 0 Å². The molecule has 0 saturated carbocycles. The van der Waals surface area contributed by atoms with Crippen molar-refractivity contribution in [1.29, 1.82) is 0 Å². The molecule has 0 saturated heterocycles. The molecule has 130 valence electrons. The number of carbonyl (C=O) groups excluding carboxylic acids is 1. The number of phenols is 2. The van der Waals surface area contributed by atoms with Crippen LogP contribution in [0.2, 0.25) is 10.0 Å². The molecule has 0 aromatic heterocycles. The molecule has 1 aliphatic rings. The molecule has 7 nitrogen and oxygen atoms in total. The summed E-state index contributed by atoms with van der Waals surface area (Å²) in [7, 11) is 0. The van der Waals surface area contributed by atoms with Gasteiger partial charge in [0.05, 0.1) is 16.5 Å². The largest absolute Gasteiger partial charge is 0.504 e. The van der Waals surface area contributed by atoms with Crippen LogP contribution in [-0.4, -0.2) is 26.9 Å². The zero-order valence-corrected chi connectivity index (χ0v) is 14.9. The van der Waals surface area contributed by atoms with E-state index in [2.05, 4.69) is 16.2 Å². The van der Waals surface area contributed by atoms with Crippen LogP contribution in [0.5, 0.6) is 11.5 Å². The number of Topliss-reactive ketones (excluding diaryl/α,β-unsaturated/α-hetero) is 1. The first-order chi connectivity index (χ1) is 12.0. The lowest BCUT2D eigenvalue weighted by Gasteiger charge is -2.19. The van der Waals surface area contributed by atoms with E-state index in [1.54, 1.807) is 23.2 Å². The third-order valence-electron chi connectivity index (χ3n) is 3.29. The number of hydrogen-bond donors (Lipinski definition) is 4. The molecular formula is C15H12Cl2N4O3S. The molecule has 0 atom stereocenters. The molecule has 2 aromatic carbocycles. The van der Waals surface area contributed by atoms with E-state index in [0.717, 1.165) is 0 Å². The SMILES string of the molecule is O=C(CSC1=NNNN1c1ccc(Cl)cc1Cl)c1ccc(O)c(O)c1. The number of thioether (sulfide) groups is 1. The summed E-state index contributed by atoms with van der Waals surface area (Å²) in [6.07, 6.45) is 0. The van der Waals surface area contributed by atoms with Crippen LogP contribution < -0.4 is 16.1 Å². The van der Waals surface area contributed by atoms with Crippen LogP contribution in [0.1, 0.15) is 10.4 Å². The van der Waals surface area contributed by atoms with E-state index in [-0.39, 0.29) is 23.0 Å². The number of anilines is 1. The number of carbonyl (C=O) groups is 1. The topological polar surface area (TPSA) is 97.2 Å². The molecule has 1 heterocycles. The van der Waals surface area contributed by atoms with Crippen molar-refractivity contribution in [2.75, 3.05) is 10.8 Å². The smallest absolute Gasteiger partial charge is 0.205 e. The first-order valence-electron chi connectivity index (χ1n) is 6.97. The number of nitrogens with zero attached hydrogens (tertiary/aromatic N) is 2. The van der Waals surface area contributed by atoms with Gasteiger partial charge < -0.3 is 10.2 Å². The monoisotopic (exact) mass is 398 g/mol. The van der Waals surface area contributed by atoms with Crippen LogP contribution in [0.3, 0.4) is 0 Å². The van der Waals surface area contributed by atoms with Crippen molar-refractivity contribution in [2.24, 2.45) is 5.10 Å². The van der Waals surface area contributed by atoms with Gasteiger partial charge in [-0.1, -0.05) is 35.0 Å². The number of amidine groups is 1. The molecule has 3 rings (SSSR count). The van der Waals surface area contributed by atoms with Crippen LogP contribution in [0.25, 0.3) is 0 Å². The highest BCUT2D eigenvalue weighted by Gasteiger charge is 2.23. The van der Waals surface area contributed by atoms with Gasteiger partial charge in [-0.2, -0.15) is 0 Å². The average Bonchev–Trinajstić information content (AvgIpc) is 3.03. The third kappa shape index (κ3) is 3.93. The maximum atomic E-state index is 12.2. The summed E-state index contributed by atoms with van der Waals surface area (Å²) in [5.41, 5.74) is 6.33. The lowest BCUT2D eigenvalue weighted by molar-refractivity contribution is 0.102. The van der Waals surface area contributed by atoms with Gasteiger partial charge in [-0.05, 0) is 36.4 Å². The second kappa shape index (κ2) is 7.40. The van der Waals surface area contributed by atoms with Gasteiger partial charge >= 0.3 is 0 Å². The van der Waals surface area contributed by atoms with Crippen molar-refractivity contribution in [3.8, 4) is 11.5 Å². The van der Waals surface area contributed by atoms with E-state index in [9.17, 15) is 15.0 Å². The van der Waals surface area contributed by atoms with Crippen molar-refractivity contribution in [1.82, 2.24) is 11.1 Å². The number of rotatable bonds is 4. The lowest BCUT2D eigenvalue weighted by atomic mass is 10.1. The number of hydrogen-bond acceptors (Lipinski definition) is 8. The molecule has 2 aromatic rings. The zero-order chi connectivity index (χ0) is 18.0. The molecule has 10 heteroatoms. The average molecular weight is 399 g/mol. The number of benzene rings is 2. The fraction of sp³-hybridized carbons (Fsp3) is 0.0667. The van der Waals surface area contributed by atoms with Crippen LogP contribution in [0.4, 0.5) is 5.69 Å². The van der Waals surface area contributed by atoms with E-state index >= 15 is 0 Å². The number of halogens is 2. The Labute approximate surface area is 157 Å². The van der Waals surface area contributed by atoms with Gasteiger partial charge in [0.15, 0.2) is 17.3 Å². The molecular weight excluding hydrogens is 387 g/mol. The number of nitrogens with one attached hydrogen (secondary N) is 2. The predicted molar refractivity (Wildman–Crippen MR) is 99.2 cm³/mol. The van der Waals surface area contributed by atoms with Gasteiger partial charge in [0.25, 0.3) is 0 Å². The molecule has 4 N–H and O–H groups in total. The lowest BCUT2D eigenvalue weighted by Crippen LogP contribution is -2.40. The van der Waals surface area contributed by atoms with E-state index in [1.807, 2.05) is 0 Å². The van der Waals surface area contributed by atoms with Crippen LogP contribution in [0.15, 0.2) is 41.5 Å². The summed E-state index contributed by atoms with van der Waals surface area (Å²) in [6.45, 7) is 0. The summed E-state index contributed by atoms with van der Waals surface area (Å²) in [5.74, 6) is -0.765. The Bertz CT molecular complexity index is 863. The number of phenolic OH excluding ortho intramolecular Hbond substituents is 2. The van der Waals surface area contributed by atoms with Crippen molar-refractivity contribution >= 4 is 51.6 Å². The normalized spacial score (nSPS) is 13.5. The van der Waals surface area contributed by atoms with Gasteiger partial charge in [-0.15, -0.1) is 10.6 Å². The van der Waals surface area contributed by atoms with Crippen LogP contribution >= 0.6 is 35.0 Å². The Morgan fingerprint density at radius 1 is 1.16 bits per heavy atom. The Balaban J connectivity index is 1.69. The van der Waals surface area contributed by atoms with Crippen molar-refractivity contribution in [2.45, 2.75) is 0 Å². The summed E-state index contributed by atoms with van der Waals surface area (Å²) in [6, 6.07) is 8.95. The standard InChI is InChI=1S/C15H12Cl2N4O3S/c16-9-2-3-11(10(17)6-9)21-15(18-19-20-21)25-7-14(24)8-1-4-12(22)13(23)5-8/h1-6,19-20,22-23H,7H2. The Hall–Kier alpha value is -2.13. The van der Waals surface area contributed by atoms with E-state index in [4.69, 9.17) is 23.2 Å². The maximum Gasteiger partial charge on any atom is 0.205 e. The summed E-state index contributed by atoms with van der Waals surface area (Å²) in [4.78, 5) is 12.2. The molecule has 0 radical (unpaired) electrons. The Morgan fingerprint density at radius 3 is 2.68 bits per heavy atom. The van der Waals surface area contributed by atoms with Gasteiger partial charge in [0.2, 0.25) is 5.17 Å². The highest BCUT2D eigenvalue weighted by atomic mass is 35.5. The number of ketones is 1. The van der Waals surface area contributed by atoms with Gasteiger partial charge in [-0.3, -0.25) is 4.79 Å². The number of hydrazine groups is 2. The molecule has 0 bridgehead atoms. The quantitative estimate of drug-likeness (QED) is 0.463. The van der Waals surface area contributed by atoms with Crippen molar-refractivity contribution in [3.05, 3.63) is 52.0 Å². The zero-order valence-electron chi connectivity index (χ0n) is 12.5. The van der Waals surface area contributed by atoms with Crippen LogP contribution in [0, 0.1) is 0 Å². The minimum absolute atomic E-state index is 0.0775. The summed E-state index contributed by atoms with van der Waals surface area (Å²) in [5, 5.41) is 25.9. The molecule has 0 spiro atoms.